The van der Waals surface area contributed by atoms with Crippen LogP contribution in [0.15, 0.2) is 48.5 Å². The Labute approximate surface area is 113 Å². The fraction of sp³-hybridized carbons (Fsp3) is 0. The Bertz CT molecular complexity index is 647. The summed E-state index contributed by atoms with van der Waals surface area (Å²) in [5.41, 5.74) is 0.0629. The van der Waals surface area contributed by atoms with E-state index < -0.39 is 22.5 Å². The van der Waals surface area contributed by atoms with Crippen molar-refractivity contribution in [2.24, 2.45) is 0 Å². The Balaban J connectivity index is 2.05. The van der Waals surface area contributed by atoms with Gasteiger partial charge in [0.15, 0.2) is 0 Å². The first-order valence-corrected chi connectivity index (χ1v) is 5.63. The Morgan fingerprint density at radius 3 is 2.30 bits per heavy atom. The van der Waals surface area contributed by atoms with Gasteiger partial charge in [-0.15, -0.1) is 0 Å². The summed E-state index contributed by atoms with van der Waals surface area (Å²) >= 11 is 0. The molecule has 0 radical (unpaired) electrons. The third kappa shape index (κ3) is 3.29. The van der Waals surface area contributed by atoms with Crippen LogP contribution in [0.1, 0.15) is 0 Å². The monoisotopic (exact) mass is 275 g/mol. The van der Waals surface area contributed by atoms with Crippen molar-refractivity contribution in [2.75, 3.05) is 10.6 Å². The molecule has 0 aromatic heterocycles. The van der Waals surface area contributed by atoms with E-state index in [4.69, 9.17) is 0 Å². The van der Waals surface area contributed by atoms with Gasteiger partial charge in [-0.25, -0.2) is 4.79 Å². The van der Waals surface area contributed by atoms with Crippen LogP contribution in [0.2, 0.25) is 0 Å². The molecule has 0 saturated carbocycles. The molecule has 7 heteroatoms. The van der Waals surface area contributed by atoms with E-state index >= 15 is 0 Å². The molecule has 0 fully saturated rings. The molecule has 2 rings (SSSR count). The van der Waals surface area contributed by atoms with Gasteiger partial charge in [0.1, 0.15) is 0 Å². The number of carbonyl (C=O) groups excluding carboxylic acids is 1. The number of benzene rings is 2. The van der Waals surface area contributed by atoms with E-state index in [1.807, 2.05) is 0 Å². The molecule has 0 unspecified atom stereocenters. The zero-order valence-electron chi connectivity index (χ0n) is 10.2. The van der Waals surface area contributed by atoms with Gasteiger partial charge in [-0.2, -0.15) is 4.39 Å². The molecule has 2 N–H and O–H groups in total. The first kappa shape index (κ1) is 13.5. The van der Waals surface area contributed by atoms with Crippen LogP contribution in [0.25, 0.3) is 0 Å². The molecule has 0 aliphatic carbocycles. The summed E-state index contributed by atoms with van der Waals surface area (Å²) in [6.45, 7) is 0. The lowest BCUT2D eigenvalue weighted by atomic mass is 10.2. The van der Waals surface area contributed by atoms with Gasteiger partial charge in [0.2, 0.25) is 5.82 Å². The van der Waals surface area contributed by atoms with Crippen molar-refractivity contribution < 1.29 is 14.1 Å². The number of urea groups is 1. The second kappa shape index (κ2) is 5.79. The summed E-state index contributed by atoms with van der Waals surface area (Å²) in [7, 11) is 0. The molecule has 0 saturated heterocycles. The number of nitrogens with one attached hydrogen (secondary N) is 2. The van der Waals surface area contributed by atoms with Crippen LogP contribution in [0.5, 0.6) is 0 Å². The second-order valence-corrected chi connectivity index (χ2v) is 3.87. The van der Waals surface area contributed by atoms with E-state index in [1.54, 1.807) is 30.3 Å². The van der Waals surface area contributed by atoms with Crippen LogP contribution in [0.3, 0.4) is 0 Å². The van der Waals surface area contributed by atoms with Crippen molar-refractivity contribution >= 4 is 23.1 Å². The third-order valence-electron chi connectivity index (χ3n) is 2.43. The van der Waals surface area contributed by atoms with Gasteiger partial charge >= 0.3 is 11.7 Å². The molecule has 0 spiro atoms. The Kier molecular flexibility index (Phi) is 3.90. The molecule has 0 bridgehead atoms. The van der Waals surface area contributed by atoms with Gasteiger partial charge in [-0.3, -0.25) is 10.1 Å². The number of nitro groups is 1. The molecular formula is C13H10FN3O3. The van der Waals surface area contributed by atoms with Crippen LogP contribution >= 0.6 is 0 Å². The van der Waals surface area contributed by atoms with E-state index in [9.17, 15) is 19.3 Å². The maximum atomic E-state index is 13.4. The van der Waals surface area contributed by atoms with Crippen LogP contribution in [-0.2, 0) is 0 Å². The van der Waals surface area contributed by atoms with Gasteiger partial charge in [0.05, 0.1) is 4.92 Å². The molecule has 2 aromatic carbocycles. The second-order valence-electron chi connectivity index (χ2n) is 3.87. The molecule has 0 aliphatic rings. The van der Waals surface area contributed by atoms with Crippen molar-refractivity contribution in [2.45, 2.75) is 0 Å². The highest BCUT2D eigenvalue weighted by molar-refractivity contribution is 5.99. The van der Waals surface area contributed by atoms with Crippen molar-refractivity contribution in [1.29, 1.82) is 0 Å². The third-order valence-corrected chi connectivity index (χ3v) is 2.43. The average Bonchev–Trinajstić information content (AvgIpc) is 2.39. The number of amides is 2. The molecule has 0 heterocycles. The summed E-state index contributed by atoms with van der Waals surface area (Å²) in [6.07, 6.45) is 0. The summed E-state index contributed by atoms with van der Waals surface area (Å²) in [4.78, 5) is 21.3. The molecule has 20 heavy (non-hydrogen) atoms. The maximum absolute atomic E-state index is 13.4. The van der Waals surface area contributed by atoms with Crippen LogP contribution < -0.4 is 10.6 Å². The first-order valence-electron chi connectivity index (χ1n) is 5.63. The van der Waals surface area contributed by atoms with E-state index in [2.05, 4.69) is 10.6 Å². The van der Waals surface area contributed by atoms with Crippen LogP contribution in [-0.4, -0.2) is 11.0 Å². The van der Waals surface area contributed by atoms with E-state index in [1.165, 1.54) is 6.07 Å². The lowest BCUT2D eigenvalue weighted by Gasteiger charge is -2.07. The Morgan fingerprint density at radius 2 is 1.70 bits per heavy atom. The molecule has 6 nitrogen and oxygen atoms in total. The van der Waals surface area contributed by atoms with Crippen LogP contribution in [0, 0.1) is 15.9 Å². The summed E-state index contributed by atoms with van der Waals surface area (Å²) in [5, 5.41) is 15.4. The Hall–Kier alpha value is -2.96. The zero-order valence-corrected chi connectivity index (χ0v) is 10.2. The number of anilines is 2. The highest BCUT2D eigenvalue weighted by atomic mass is 19.1. The summed E-state index contributed by atoms with van der Waals surface area (Å²) in [6, 6.07) is 11.3. The largest absolute Gasteiger partial charge is 0.323 e. The molecule has 0 atom stereocenters. The normalized spacial score (nSPS) is 9.85. The Morgan fingerprint density at radius 1 is 1.05 bits per heavy atom. The van der Waals surface area contributed by atoms with Crippen molar-refractivity contribution in [3.63, 3.8) is 0 Å². The molecule has 0 aliphatic heterocycles. The van der Waals surface area contributed by atoms with Crippen LogP contribution in [0.4, 0.5) is 26.2 Å². The van der Waals surface area contributed by atoms with Gasteiger partial charge in [-0.05, 0) is 18.2 Å². The predicted molar refractivity (Wildman–Crippen MR) is 72.1 cm³/mol. The lowest BCUT2D eigenvalue weighted by molar-refractivity contribution is -0.387. The highest BCUT2D eigenvalue weighted by Crippen LogP contribution is 2.20. The number of hydrogen-bond acceptors (Lipinski definition) is 3. The molecular weight excluding hydrogens is 265 g/mol. The summed E-state index contributed by atoms with van der Waals surface area (Å²) in [5.74, 6) is -1.01. The minimum Gasteiger partial charge on any atom is -0.308 e. The number of rotatable bonds is 3. The minimum atomic E-state index is -1.01. The van der Waals surface area contributed by atoms with Crippen molar-refractivity contribution in [1.82, 2.24) is 0 Å². The van der Waals surface area contributed by atoms with E-state index in [0.717, 1.165) is 12.1 Å². The standard InChI is InChI=1S/C13H10FN3O3/c14-11-8-10(6-7-12(11)17(19)20)16-13(18)15-9-4-2-1-3-5-9/h1-8H,(H2,15,16,18). The molecule has 2 aromatic rings. The number of carbonyl (C=O) groups is 1. The van der Waals surface area contributed by atoms with Gasteiger partial charge in [0.25, 0.3) is 0 Å². The minimum absolute atomic E-state index is 0.126. The predicted octanol–water partition coefficient (Wildman–Crippen LogP) is 3.38. The fourth-order valence-corrected chi connectivity index (χ4v) is 1.55. The van der Waals surface area contributed by atoms with Crippen molar-refractivity contribution in [3.8, 4) is 0 Å². The lowest BCUT2D eigenvalue weighted by Crippen LogP contribution is -2.19. The van der Waals surface area contributed by atoms with E-state index in [-0.39, 0.29) is 5.69 Å². The van der Waals surface area contributed by atoms with E-state index in [0.29, 0.717) is 5.69 Å². The SMILES string of the molecule is O=C(Nc1ccccc1)Nc1ccc([N+](=O)[O-])c(F)c1. The first-order chi connectivity index (χ1) is 9.56. The quantitative estimate of drug-likeness (QED) is 0.665. The van der Waals surface area contributed by atoms with Gasteiger partial charge in [-0.1, -0.05) is 18.2 Å². The number of hydrogen-bond donors (Lipinski definition) is 2. The van der Waals surface area contributed by atoms with Crippen molar-refractivity contribution in [3.05, 3.63) is 64.5 Å². The number of halogens is 1. The maximum Gasteiger partial charge on any atom is 0.323 e. The zero-order chi connectivity index (χ0) is 14.5. The number of nitro benzene ring substituents is 1. The average molecular weight is 275 g/mol. The highest BCUT2D eigenvalue weighted by Gasteiger charge is 2.14. The number of nitrogens with zero attached hydrogens (tertiary/aromatic N) is 1. The number of para-hydroxylation sites is 1. The topological polar surface area (TPSA) is 84.3 Å². The summed E-state index contributed by atoms with van der Waals surface area (Å²) < 4.78 is 13.4. The fourth-order valence-electron chi connectivity index (χ4n) is 1.55. The molecule has 102 valence electrons. The van der Waals surface area contributed by atoms with Gasteiger partial charge in [0, 0.05) is 23.5 Å². The van der Waals surface area contributed by atoms with Gasteiger partial charge < -0.3 is 10.6 Å². The smallest absolute Gasteiger partial charge is 0.308 e. The molecule has 2 amide bonds.